The second-order valence-corrected chi connectivity index (χ2v) is 0.816. The minimum atomic E-state index is -0.484. The summed E-state index contributed by atoms with van der Waals surface area (Å²) in [5.41, 5.74) is 0. The average molecular weight is 99.1 g/mol. The molecule has 0 radical (unpaired) electrons. The van der Waals surface area contributed by atoms with Crippen molar-refractivity contribution in [1.29, 1.82) is 0 Å². The summed E-state index contributed by atoms with van der Waals surface area (Å²) in [5, 5.41) is 9.94. The number of rotatable bonds is 0. The number of carbonyl (C=O) groups excluding carboxylic acids is 1. The normalized spacial score (nSPS) is 5.86. The first kappa shape index (κ1) is 5.83. The van der Waals surface area contributed by atoms with Crippen LogP contribution in [0.1, 0.15) is 0 Å². The number of hydrogen-bond acceptors (Lipinski definition) is 2. The Bertz CT molecular complexity index is 119. The lowest BCUT2D eigenvalue weighted by molar-refractivity contribution is -0.115. The zero-order chi connectivity index (χ0) is 5.70. The molecule has 2 N–H and O–H groups in total. The lowest BCUT2D eigenvalue weighted by atomic mass is 10.6. The van der Waals surface area contributed by atoms with Crippen molar-refractivity contribution in [2.75, 3.05) is 7.05 Å². The molecule has 0 aromatic carbocycles. The van der Waals surface area contributed by atoms with Gasteiger partial charge in [0.2, 0.25) is 0 Å². The Balaban J connectivity index is 3.52. The van der Waals surface area contributed by atoms with E-state index in [1.165, 1.54) is 13.2 Å². The number of amides is 1. The van der Waals surface area contributed by atoms with Crippen molar-refractivity contribution in [3.63, 3.8) is 0 Å². The van der Waals surface area contributed by atoms with Crippen LogP contribution in [0.3, 0.4) is 0 Å². The molecule has 0 atom stereocenters. The Morgan fingerprint density at radius 1 is 1.86 bits per heavy atom. The summed E-state index contributed by atoms with van der Waals surface area (Å²) in [7, 11) is 1.44. The molecule has 0 saturated carbocycles. The minimum Gasteiger partial charge on any atom is -0.462 e. The van der Waals surface area contributed by atoms with Crippen molar-refractivity contribution in [3.05, 3.63) is 0 Å². The smallest absolute Gasteiger partial charge is 0.298 e. The Kier molecular flexibility index (Phi) is 2.53. The summed E-state index contributed by atoms with van der Waals surface area (Å²) in [6, 6.07) is 0. The van der Waals surface area contributed by atoms with E-state index in [0.717, 1.165) is 0 Å². The quantitative estimate of drug-likeness (QED) is 0.385. The third-order valence-electron chi connectivity index (χ3n) is 0.396. The average Bonchev–Trinajstić information content (AvgIpc) is 1.68. The van der Waals surface area contributed by atoms with E-state index in [9.17, 15) is 4.79 Å². The van der Waals surface area contributed by atoms with Crippen molar-refractivity contribution in [2.45, 2.75) is 0 Å². The summed E-state index contributed by atoms with van der Waals surface area (Å²) in [6.07, 6.45) is 1.46. The van der Waals surface area contributed by atoms with Crippen molar-refractivity contribution >= 4 is 5.91 Å². The van der Waals surface area contributed by atoms with E-state index in [1.807, 2.05) is 5.92 Å². The molecule has 0 aromatic heterocycles. The molecule has 38 valence electrons. The van der Waals surface area contributed by atoms with Gasteiger partial charge in [0, 0.05) is 13.0 Å². The molecule has 3 nitrogen and oxygen atoms in total. The summed E-state index contributed by atoms with van der Waals surface area (Å²) < 4.78 is 0. The van der Waals surface area contributed by atoms with Crippen molar-refractivity contribution in [1.82, 2.24) is 5.32 Å². The van der Waals surface area contributed by atoms with E-state index in [1.54, 1.807) is 0 Å². The van der Waals surface area contributed by atoms with Gasteiger partial charge in [-0.3, -0.25) is 4.79 Å². The molecule has 7 heavy (non-hydrogen) atoms. The molecule has 0 rings (SSSR count). The molecular weight excluding hydrogens is 94.0 g/mol. The van der Waals surface area contributed by atoms with Crippen LogP contribution in [-0.2, 0) is 4.79 Å². The fraction of sp³-hybridized carbons (Fsp3) is 0.250. The molecule has 0 heterocycles. The Hall–Kier alpha value is -1.17. The van der Waals surface area contributed by atoms with Crippen LogP contribution < -0.4 is 5.32 Å². The molecule has 0 bridgehead atoms. The zero-order valence-corrected chi connectivity index (χ0v) is 3.86. The van der Waals surface area contributed by atoms with Gasteiger partial charge in [0.1, 0.15) is 6.11 Å². The Morgan fingerprint density at radius 2 is 2.43 bits per heavy atom. The predicted molar refractivity (Wildman–Crippen MR) is 23.8 cm³/mol. The number of nitrogens with one attached hydrogen (secondary N) is 1. The molecule has 0 unspecified atom stereocenters. The highest BCUT2D eigenvalue weighted by molar-refractivity contribution is 5.92. The maximum absolute atomic E-state index is 9.97. The van der Waals surface area contributed by atoms with Gasteiger partial charge in [-0.2, -0.15) is 0 Å². The summed E-state index contributed by atoms with van der Waals surface area (Å²) in [6.45, 7) is 0. The minimum absolute atomic E-state index is 0.484. The van der Waals surface area contributed by atoms with Crippen LogP contribution in [0.2, 0.25) is 0 Å². The molecule has 0 saturated heterocycles. The second kappa shape index (κ2) is 3.04. The highest BCUT2D eigenvalue weighted by Crippen LogP contribution is 1.51. The monoisotopic (exact) mass is 99.0 g/mol. The van der Waals surface area contributed by atoms with E-state index in [0.29, 0.717) is 0 Å². The maximum atomic E-state index is 9.97. The molecule has 0 spiro atoms. The standard InChI is InChI=1S/C4H5NO2/c1-5-4(7)2-3-6/h6H,1H3,(H,5,7). The van der Waals surface area contributed by atoms with Gasteiger partial charge in [-0.25, -0.2) is 0 Å². The van der Waals surface area contributed by atoms with Crippen LogP contribution in [0.15, 0.2) is 0 Å². The molecule has 1 amide bonds. The van der Waals surface area contributed by atoms with Gasteiger partial charge >= 0.3 is 0 Å². The van der Waals surface area contributed by atoms with Crippen molar-refractivity contribution in [2.24, 2.45) is 0 Å². The largest absolute Gasteiger partial charge is 0.462 e. The molecule has 0 aliphatic rings. The fourth-order valence-corrected chi connectivity index (χ4v) is 0.113. The number of hydrogen-bond donors (Lipinski definition) is 2. The zero-order valence-electron chi connectivity index (χ0n) is 3.86. The van der Waals surface area contributed by atoms with E-state index < -0.39 is 5.91 Å². The summed E-state index contributed by atoms with van der Waals surface area (Å²) in [5.74, 6) is 1.37. The van der Waals surface area contributed by atoms with Crippen LogP contribution in [-0.4, -0.2) is 18.1 Å². The SMILES string of the molecule is CNC(=O)C#CO. The third-order valence-corrected chi connectivity index (χ3v) is 0.396. The first-order valence-corrected chi connectivity index (χ1v) is 1.68. The summed E-state index contributed by atoms with van der Waals surface area (Å²) in [4.78, 5) is 9.97. The van der Waals surface area contributed by atoms with Crippen LogP contribution in [0.4, 0.5) is 0 Å². The van der Waals surface area contributed by atoms with Crippen molar-refractivity contribution in [3.8, 4) is 12.0 Å². The molecule has 0 aromatic rings. The Labute approximate surface area is 41.3 Å². The molecular formula is C4H5NO2. The predicted octanol–water partition coefficient (Wildman–Crippen LogP) is -0.934. The van der Waals surface area contributed by atoms with Crippen LogP contribution in [0, 0.1) is 12.0 Å². The fourth-order valence-electron chi connectivity index (χ4n) is 0.113. The Morgan fingerprint density at radius 3 is 2.57 bits per heavy atom. The van der Waals surface area contributed by atoms with Crippen LogP contribution >= 0.6 is 0 Å². The van der Waals surface area contributed by atoms with E-state index >= 15 is 0 Å². The number of carbonyl (C=O) groups is 1. The molecule has 0 aliphatic carbocycles. The van der Waals surface area contributed by atoms with Gasteiger partial charge in [0.05, 0.1) is 0 Å². The number of aliphatic hydroxyl groups excluding tert-OH is 1. The molecule has 0 aliphatic heterocycles. The van der Waals surface area contributed by atoms with Gasteiger partial charge in [-0.05, 0) is 0 Å². The topological polar surface area (TPSA) is 49.3 Å². The van der Waals surface area contributed by atoms with Crippen molar-refractivity contribution < 1.29 is 9.90 Å². The van der Waals surface area contributed by atoms with E-state index in [2.05, 4.69) is 5.32 Å². The van der Waals surface area contributed by atoms with Gasteiger partial charge in [-0.1, -0.05) is 0 Å². The van der Waals surface area contributed by atoms with Crippen LogP contribution in [0.25, 0.3) is 0 Å². The van der Waals surface area contributed by atoms with Gasteiger partial charge in [-0.15, -0.1) is 0 Å². The van der Waals surface area contributed by atoms with Gasteiger partial charge in [0.15, 0.2) is 0 Å². The first-order valence-electron chi connectivity index (χ1n) is 1.68. The lowest BCUT2D eigenvalue weighted by Crippen LogP contribution is -2.14. The molecule has 3 heteroatoms. The van der Waals surface area contributed by atoms with Gasteiger partial charge < -0.3 is 10.4 Å². The van der Waals surface area contributed by atoms with E-state index in [-0.39, 0.29) is 0 Å². The highest BCUT2D eigenvalue weighted by Gasteiger charge is 1.82. The first-order chi connectivity index (χ1) is 3.31. The number of aliphatic hydroxyl groups is 1. The molecule has 0 fully saturated rings. The lowest BCUT2D eigenvalue weighted by Gasteiger charge is -1.79. The van der Waals surface area contributed by atoms with Gasteiger partial charge in [0.25, 0.3) is 5.91 Å². The van der Waals surface area contributed by atoms with Crippen LogP contribution in [0.5, 0.6) is 0 Å². The maximum Gasteiger partial charge on any atom is 0.298 e. The highest BCUT2D eigenvalue weighted by atomic mass is 16.2. The second-order valence-electron chi connectivity index (χ2n) is 0.816. The summed E-state index contributed by atoms with van der Waals surface area (Å²) >= 11 is 0. The third kappa shape index (κ3) is 2.64. The van der Waals surface area contributed by atoms with E-state index in [4.69, 9.17) is 5.11 Å².